The van der Waals surface area contributed by atoms with E-state index in [1.807, 2.05) is 38.1 Å². The minimum absolute atomic E-state index is 0.0911. The Morgan fingerprint density at radius 1 is 1.10 bits per heavy atom. The van der Waals surface area contributed by atoms with Crippen molar-refractivity contribution in [1.29, 1.82) is 0 Å². The highest BCUT2D eigenvalue weighted by molar-refractivity contribution is 8.01. The molecule has 2 aliphatic rings. The van der Waals surface area contributed by atoms with Crippen LogP contribution in [-0.4, -0.2) is 48.8 Å². The second-order valence-corrected chi connectivity index (χ2v) is 9.76. The van der Waals surface area contributed by atoms with E-state index in [2.05, 4.69) is 5.32 Å². The Morgan fingerprint density at radius 2 is 1.74 bits per heavy atom. The number of amides is 2. The summed E-state index contributed by atoms with van der Waals surface area (Å²) in [6.45, 7) is 4.29. The maximum atomic E-state index is 13.3. The zero-order valence-electron chi connectivity index (χ0n) is 18.2. The van der Waals surface area contributed by atoms with Crippen LogP contribution in [0.1, 0.15) is 40.7 Å². The van der Waals surface area contributed by atoms with Crippen molar-refractivity contribution in [3.63, 3.8) is 0 Å². The Kier molecular flexibility index (Phi) is 5.51. The lowest BCUT2D eigenvalue weighted by atomic mass is 10.0. The monoisotopic (exact) mass is 442 g/mol. The van der Waals surface area contributed by atoms with Gasteiger partial charge in [0.2, 0.25) is 11.7 Å². The van der Waals surface area contributed by atoms with E-state index < -0.39 is 10.8 Å². The third kappa shape index (κ3) is 3.48. The van der Waals surface area contributed by atoms with Crippen LogP contribution in [-0.2, 0) is 11.3 Å². The number of nitrogens with one attached hydrogen (secondary N) is 1. The maximum Gasteiger partial charge on any atom is 0.256 e. The topological polar surface area (TPSA) is 77.1 Å². The predicted octanol–water partition coefficient (Wildman–Crippen LogP) is 3.38. The van der Waals surface area contributed by atoms with E-state index in [1.165, 1.54) is 0 Å². The summed E-state index contributed by atoms with van der Waals surface area (Å²) in [5.41, 5.74) is 2.46. The molecule has 2 aromatic carbocycles. The third-order valence-corrected chi connectivity index (χ3v) is 7.27. The molecule has 0 saturated carbocycles. The summed E-state index contributed by atoms with van der Waals surface area (Å²) in [5.74, 6) is 1.26. The quantitative estimate of drug-likeness (QED) is 0.739. The second kappa shape index (κ2) is 8.00. The number of hydrogen-bond donors (Lipinski definition) is 1. The summed E-state index contributed by atoms with van der Waals surface area (Å²) >= 11 is 1.65. The Labute approximate surface area is 186 Å². The van der Waals surface area contributed by atoms with Crippen LogP contribution in [0.15, 0.2) is 36.4 Å². The van der Waals surface area contributed by atoms with Crippen molar-refractivity contribution >= 4 is 23.6 Å². The van der Waals surface area contributed by atoms with Gasteiger partial charge < -0.3 is 24.4 Å². The maximum absolute atomic E-state index is 13.3. The molecule has 0 radical (unpaired) electrons. The summed E-state index contributed by atoms with van der Waals surface area (Å²) < 4.78 is 15.7. The van der Waals surface area contributed by atoms with Gasteiger partial charge in [0.25, 0.3) is 5.91 Å². The van der Waals surface area contributed by atoms with Crippen LogP contribution in [0.2, 0.25) is 0 Å². The van der Waals surface area contributed by atoms with Crippen molar-refractivity contribution < 1.29 is 23.8 Å². The van der Waals surface area contributed by atoms with E-state index >= 15 is 0 Å². The molecule has 1 saturated heterocycles. The number of nitrogens with zero attached hydrogens (tertiary/aromatic N) is 1. The number of fused-ring (bicyclic) bond motifs is 3. The van der Waals surface area contributed by atoms with Gasteiger partial charge in [-0.05, 0) is 43.2 Å². The van der Waals surface area contributed by atoms with E-state index in [0.29, 0.717) is 22.8 Å². The van der Waals surface area contributed by atoms with Crippen LogP contribution in [0.4, 0.5) is 0 Å². The molecule has 31 heavy (non-hydrogen) atoms. The number of rotatable bonds is 6. The van der Waals surface area contributed by atoms with Gasteiger partial charge in [-0.2, -0.15) is 0 Å². The first kappa shape index (κ1) is 21.4. The van der Waals surface area contributed by atoms with Gasteiger partial charge >= 0.3 is 0 Å². The highest BCUT2D eigenvalue weighted by atomic mass is 32.2. The van der Waals surface area contributed by atoms with Gasteiger partial charge in [-0.3, -0.25) is 9.59 Å². The van der Waals surface area contributed by atoms with Crippen molar-refractivity contribution in [2.24, 2.45) is 0 Å². The highest BCUT2D eigenvalue weighted by Gasteiger charge is 2.57. The Morgan fingerprint density at radius 3 is 2.35 bits per heavy atom. The highest BCUT2D eigenvalue weighted by Crippen LogP contribution is 2.56. The Hall–Kier alpha value is -2.87. The van der Waals surface area contributed by atoms with Crippen molar-refractivity contribution in [1.82, 2.24) is 10.2 Å². The standard InChI is InChI=1S/C23H26N2O5S/c1-23(2)19(25-21(27)14-8-6-7-9-15(14)22(25)31-23)20(26)24-12-13-10-16(28-3)18(30-5)17(11-13)29-4/h6-11,19,22H,12H2,1-5H3,(H,24,26). The molecule has 8 heteroatoms. The molecule has 2 aromatic rings. The minimum Gasteiger partial charge on any atom is -0.493 e. The largest absolute Gasteiger partial charge is 0.493 e. The van der Waals surface area contributed by atoms with Crippen LogP contribution in [0.5, 0.6) is 17.2 Å². The molecule has 2 unspecified atom stereocenters. The molecule has 0 bridgehead atoms. The van der Waals surface area contributed by atoms with Gasteiger partial charge in [0.15, 0.2) is 11.5 Å². The number of benzene rings is 2. The van der Waals surface area contributed by atoms with Crippen LogP contribution in [0.3, 0.4) is 0 Å². The molecule has 4 rings (SSSR count). The van der Waals surface area contributed by atoms with E-state index in [4.69, 9.17) is 14.2 Å². The number of hydrogen-bond acceptors (Lipinski definition) is 6. The lowest BCUT2D eigenvalue weighted by molar-refractivity contribution is -0.126. The lowest BCUT2D eigenvalue weighted by Crippen LogP contribution is -2.52. The van der Waals surface area contributed by atoms with Crippen molar-refractivity contribution in [3.8, 4) is 17.2 Å². The number of ether oxygens (including phenoxy) is 3. The number of carbonyl (C=O) groups is 2. The molecule has 0 aromatic heterocycles. The second-order valence-electron chi connectivity index (χ2n) is 8.03. The third-order valence-electron chi connectivity index (χ3n) is 5.74. The van der Waals surface area contributed by atoms with Crippen molar-refractivity contribution in [2.75, 3.05) is 21.3 Å². The Bertz CT molecular complexity index is 1010. The van der Waals surface area contributed by atoms with Crippen LogP contribution >= 0.6 is 11.8 Å². The fourth-order valence-corrected chi connectivity index (χ4v) is 5.92. The average molecular weight is 443 g/mol. The summed E-state index contributed by atoms with van der Waals surface area (Å²) in [4.78, 5) is 28.1. The molecule has 164 valence electrons. The normalized spacial score (nSPS) is 20.8. The fraction of sp³-hybridized carbons (Fsp3) is 0.391. The number of carbonyl (C=O) groups excluding carboxylic acids is 2. The summed E-state index contributed by atoms with van der Waals surface area (Å²) in [6.07, 6.45) is 0. The fourth-order valence-electron chi connectivity index (χ4n) is 4.33. The molecule has 2 amide bonds. The zero-order chi connectivity index (χ0) is 22.3. The molecule has 2 atom stereocenters. The predicted molar refractivity (Wildman–Crippen MR) is 119 cm³/mol. The first-order chi connectivity index (χ1) is 14.8. The van der Waals surface area contributed by atoms with Crippen molar-refractivity contribution in [2.45, 2.75) is 36.6 Å². The summed E-state index contributed by atoms with van der Waals surface area (Å²) in [7, 11) is 4.65. The average Bonchev–Trinajstić information content (AvgIpc) is 3.20. The zero-order valence-corrected chi connectivity index (χ0v) is 19.0. The molecule has 0 spiro atoms. The molecule has 1 fully saturated rings. The molecule has 2 heterocycles. The smallest absolute Gasteiger partial charge is 0.256 e. The van der Waals surface area contributed by atoms with Crippen LogP contribution in [0.25, 0.3) is 0 Å². The molecule has 2 aliphatic heterocycles. The molecular weight excluding hydrogens is 416 g/mol. The number of thioether (sulfide) groups is 1. The van der Waals surface area contributed by atoms with Crippen LogP contribution in [0, 0.1) is 0 Å². The van der Waals surface area contributed by atoms with Gasteiger partial charge in [-0.15, -0.1) is 11.8 Å². The first-order valence-electron chi connectivity index (χ1n) is 9.98. The number of methoxy groups -OCH3 is 3. The van der Waals surface area contributed by atoms with E-state index in [0.717, 1.165) is 11.1 Å². The van der Waals surface area contributed by atoms with Gasteiger partial charge in [-0.1, -0.05) is 18.2 Å². The van der Waals surface area contributed by atoms with Gasteiger partial charge in [-0.25, -0.2) is 0 Å². The Balaban J connectivity index is 1.56. The van der Waals surface area contributed by atoms with Crippen molar-refractivity contribution in [3.05, 3.63) is 53.1 Å². The molecule has 0 aliphatic carbocycles. The molecular formula is C23H26N2O5S. The van der Waals surface area contributed by atoms with E-state index in [9.17, 15) is 9.59 Å². The van der Waals surface area contributed by atoms with Gasteiger partial charge in [0.1, 0.15) is 11.4 Å². The lowest BCUT2D eigenvalue weighted by Gasteiger charge is -2.29. The van der Waals surface area contributed by atoms with E-state index in [-0.39, 0.29) is 23.7 Å². The SMILES string of the molecule is COc1cc(CNC(=O)C2N3C(=O)c4ccccc4C3SC2(C)C)cc(OC)c1OC. The van der Waals surface area contributed by atoms with E-state index in [1.54, 1.807) is 50.1 Å². The summed E-state index contributed by atoms with van der Waals surface area (Å²) in [5, 5.41) is 2.86. The molecule has 1 N–H and O–H groups in total. The first-order valence-corrected chi connectivity index (χ1v) is 10.9. The summed E-state index contributed by atoms with van der Waals surface area (Å²) in [6, 6.07) is 10.6. The van der Waals surface area contributed by atoms with Gasteiger partial charge in [0.05, 0.1) is 21.3 Å². The minimum atomic E-state index is -0.579. The van der Waals surface area contributed by atoms with Gasteiger partial charge in [0, 0.05) is 16.9 Å². The molecule has 7 nitrogen and oxygen atoms in total. The van der Waals surface area contributed by atoms with Crippen LogP contribution < -0.4 is 19.5 Å².